The fraction of sp³-hybridized carbons (Fsp3) is 1.00. The summed E-state index contributed by atoms with van der Waals surface area (Å²) in [6.07, 6.45) is 5.75. The minimum absolute atomic E-state index is 0.00377. The van der Waals surface area contributed by atoms with E-state index in [0.717, 1.165) is 25.2 Å². The highest BCUT2D eigenvalue weighted by molar-refractivity contribution is 5.03. The van der Waals surface area contributed by atoms with Crippen LogP contribution in [-0.2, 0) is 0 Å². The van der Waals surface area contributed by atoms with Gasteiger partial charge in [0.05, 0.1) is 0 Å². The van der Waals surface area contributed by atoms with Crippen molar-refractivity contribution in [2.75, 3.05) is 6.61 Å². The smallest absolute Gasteiger partial charge is 0.0487 e. The predicted molar refractivity (Wildman–Crippen MR) is 62.5 cm³/mol. The van der Waals surface area contributed by atoms with Crippen molar-refractivity contribution >= 4 is 0 Å². The van der Waals surface area contributed by atoms with Crippen LogP contribution in [0.25, 0.3) is 0 Å². The summed E-state index contributed by atoms with van der Waals surface area (Å²) in [5.74, 6) is 0.767. The zero-order chi connectivity index (χ0) is 11.3. The highest BCUT2D eigenvalue weighted by Crippen LogP contribution is 2.57. The number of nitrogens with two attached hydrogens (primary N) is 1. The molecule has 0 amide bonds. The molecule has 2 heteroatoms. The highest BCUT2D eigenvalue weighted by Gasteiger charge is 2.51. The van der Waals surface area contributed by atoms with E-state index in [2.05, 4.69) is 20.8 Å². The second kappa shape index (κ2) is 3.21. The summed E-state index contributed by atoms with van der Waals surface area (Å²) in [5, 5.41) is 9.54. The van der Waals surface area contributed by atoms with Crippen LogP contribution < -0.4 is 5.73 Å². The van der Waals surface area contributed by atoms with Crippen molar-refractivity contribution in [2.45, 2.75) is 58.4 Å². The van der Waals surface area contributed by atoms with Gasteiger partial charge < -0.3 is 10.8 Å². The van der Waals surface area contributed by atoms with Crippen LogP contribution >= 0.6 is 0 Å². The van der Waals surface area contributed by atoms with Gasteiger partial charge in [0.2, 0.25) is 0 Å². The third-order valence-corrected chi connectivity index (χ3v) is 4.27. The number of aliphatic hydroxyl groups is 1. The van der Waals surface area contributed by atoms with Crippen LogP contribution in [0.1, 0.15) is 52.9 Å². The first-order valence-electron chi connectivity index (χ1n) is 6.16. The van der Waals surface area contributed by atoms with Crippen LogP contribution in [0.15, 0.2) is 0 Å². The molecule has 3 rings (SSSR count). The van der Waals surface area contributed by atoms with E-state index in [4.69, 9.17) is 5.73 Å². The molecule has 2 nitrogen and oxygen atoms in total. The maximum absolute atomic E-state index is 9.54. The zero-order valence-electron chi connectivity index (χ0n) is 10.3. The van der Waals surface area contributed by atoms with Crippen LogP contribution in [-0.4, -0.2) is 17.3 Å². The Kier molecular flexibility index (Phi) is 2.44. The topological polar surface area (TPSA) is 46.2 Å². The van der Waals surface area contributed by atoms with Crippen molar-refractivity contribution < 1.29 is 5.11 Å². The molecule has 0 heterocycles. The average Bonchev–Trinajstić information content (AvgIpc) is 1.94. The molecule has 1 unspecified atom stereocenters. The maximum atomic E-state index is 9.54. The number of hydrogen-bond acceptors (Lipinski definition) is 2. The summed E-state index contributed by atoms with van der Waals surface area (Å²) in [7, 11) is 0. The molecule has 3 aliphatic rings. The lowest BCUT2D eigenvalue weighted by Crippen LogP contribution is -2.53. The van der Waals surface area contributed by atoms with Crippen LogP contribution in [0.2, 0.25) is 0 Å². The molecule has 0 spiro atoms. The standard InChI is InChI=1S/C13H25NO/c1-11(2)7-12(3,14)4-10-5-13(6-10,8-11)9-15/h10,15H,4-9,14H2,1-3H3. The summed E-state index contributed by atoms with van der Waals surface area (Å²) < 4.78 is 0. The van der Waals surface area contributed by atoms with Crippen molar-refractivity contribution in [3.05, 3.63) is 0 Å². The Labute approximate surface area is 93.2 Å². The van der Waals surface area contributed by atoms with Gasteiger partial charge >= 0.3 is 0 Å². The first-order chi connectivity index (χ1) is 6.76. The molecule has 15 heavy (non-hydrogen) atoms. The molecule has 0 radical (unpaired) electrons. The van der Waals surface area contributed by atoms with Crippen molar-refractivity contribution in [1.82, 2.24) is 0 Å². The van der Waals surface area contributed by atoms with Gasteiger partial charge in [0.1, 0.15) is 0 Å². The molecule has 3 saturated carbocycles. The molecule has 0 saturated heterocycles. The third kappa shape index (κ3) is 2.21. The van der Waals surface area contributed by atoms with Crippen molar-refractivity contribution in [3.63, 3.8) is 0 Å². The molecule has 0 aromatic heterocycles. The Bertz CT molecular complexity index is 251. The van der Waals surface area contributed by atoms with E-state index in [0.29, 0.717) is 6.61 Å². The van der Waals surface area contributed by atoms with E-state index < -0.39 is 0 Å². The molecular weight excluding hydrogens is 186 g/mol. The Morgan fingerprint density at radius 1 is 1.13 bits per heavy atom. The van der Waals surface area contributed by atoms with E-state index >= 15 is 0 Å². The minimum Gasteiger partial charge on any atom is -0.396 e. The maximum Gasteiger partial charge on any atom is 0.0487 e. The average molecular weight is 211 g/mol. The molecule has 0 aliphatic heterocycles. The molecule has 0 aromatic carbocycles. The third-order valence-electron chi connectivity index (χ3n) is 4.27. The fourth-order valence-electron chi connectivity index (χ4n) is 4.54. The number of aliphatic hydroxyl groups excluding tert-OH is 1. The van der Waals surface area contributed by atoms with Crippen molar-refractivity contribution in [3.8, 4) is 0 Å². The Morgan fingerprint density at radius 3 is 2.27 bits per heavy atom. The SMILES string of the molecule is CC1(C)CC(C)(N)CC2CC(CO)(C2)C1. The van der Waals surface area contributed by atoms with Gasteiger partial charge in [0.15, 0.2) is 0 Å². The Balaban J connectivity index is 2.16. The quantitative estimate of drug-likeness (QED) is 0.699. The van der Waals surface area contributed by atoms with E-state index in [1.165, 1.54) is 12.8 Å². The first-order valence-corrected chi connectivity index (χ1v) is 6.16. The molecule has 88 valence electrons. The van der Waals surface area contributed by atoms with Crippen LogP contribution in [0, 0.1) is 16.7 Å². The number of rotatable bonds is 1. The predicted octanol–water partition coefficient (Wildman–Crippen LogP) is 2.30. The largest absolute Gasteiger partial charge is 0.396 e. The van der Waals surface area contributed by atoms with Gasteiger partial charge in [0.25, 0.3) is 0 Å². The molecule has 3 aliphatic carbocycles. The number of hydrogen-bond donors (Lipinski definition) is 2. The molecule has 2 bridgehead atoms. The van der Waals surface area contributed by atoms with Crippen molar-refractivity contribution in [2.24, 2.45) is 22.5 Å². The summed E-state index contributed by atoms with van der Waals surface area (Å²) in [6, 6.07) is 0. The van der Waals surface area contributed by atoms with Crippen molar-refractivity contribution in [1.29, 1.82) is 0 Å². The van der Waals surface area contributed by atoms with E-state index in [9.17, 15) is 5.11 Å². The van der Waals surface area contributed by atoms with Gasteiger partial charge in [-0.3, -0.25) is 0 Å². The fourth-order valence-corrected chi connectivity index (χ4v) is 4.54. The second-order valence-corrected chi connectivity index (χ2v) is 7.31. The summed E-state index contributed by atoms with van der Waals surface area (Å²) in [6.45, 7) is 7.16. The Morgan fingerprint density at radius 2 is 1.73 bits per heavy atom. The summed E-state index contributed by atoms with van der Waals surface area (Å²) in [4.78, 5) is 0. The molecule has 1 atom stereocenters. The van der Waals surface area contributed by atoms with Crippen LogP contribution in [0.4, 0.5) is 0 Å². The normalized spacial score (nSPS) is 49.0. The van der Waals surface area contributed by atoms with Crippen LogP contribution in [0.3, 0.4) is 0 Å². The monoisotopic (exact) mass is 211 g/mol. The summed E-state index contributed by atoms with van der Waals surface area (Å²) >= 11 is 0. The minimum atomic E-state index is -0.00377. The molecule has 0 aromatic rings. The second-order valence-electron chi connectivity index (χ2n) is 7.31. The Hall–Kier alpha value is -0.0800. The lowest BCUT2D eigenvalue weighted by molar-refractivity contribution is -0.0729. The zero-order valence-corrected chi connectivity index (χ0v) is 10.3. The number of fused-ring (bicyclic) bond motifs is 4. The lowest BCUT2D eigenvalue weighted by Gasteiger charge is -2.56. The van der Waals surface area contributed by atoms with Gasteiger partial charge in [-0.1, -0.05) is 13.8 Å². The van der Waals surface area contributed by atoms with Gasteiger partial charge in [-0.2, -0.15) is 0 Å². The van der Waals surface area contributed by atoms with E-state index in [-0.39, 0.29) is 16.4 Å². The molecular formula is C13H25NO. The van der Waals surface area contributed by atoms with Gasteiger partial charge in [0, 0.05) is 12.1 Å². The van der Waals surface area contributed by atoms with Crippen LogP contribution in [0.5, 0.6) is 0 Å². The first kappa shape index (κ1) is 11.4. The molecule has 3 fully saturated rings. The van der Waals surface area contributed by atoms with Gasteiger partial charge in [-0.05, 0) is 55.8 Å². The van der Waals surface area contributed by atoms with Gasteiger partial charge in [-0.25, -0.2) is 0 Å². The van der Waals surface area contributed by atoms with E-state index in [1.54, 1.807) is 0 Å². The van der Waals surface area contributed by atoms with Gasteiger partial charge in [-0.15, -0.1) is 0 Å². The van der Waals surface area contributed by atoms with E-state index in [1.807, 2.05) is 0 Å². The lowest BCUT2D eigenvalue weighted by atomic mass is 9.51. The molecule has 3 N–H and O–H groups in total. The summed E-state index contributed by atoms with van der Waals surface area (Å²) in [5.41, 5.74) is 6.87. The highest BCUT2D eigenvalue weighted by atomic mass is 16.3.